The van der Waals surface area contributed by atoms with E-state index < -0.39 is 0 Å². The SMILES string of the molecule is CCNC(=O)N1CCSC(c2ccccc2C)CC1. The van der Waals surface area contributed by atoms with Crippen molar-refractivity contribution in [2.24, 2.45) is 0 Å². The number of urea groups is 1. The number of hydrogen-bond acceptors (Lipinski definition) is 2. The van der Waals surface area contributed by atoms with Crippen LogP contribution < -0.4 is 5.32 Å². The first-order valence-electron chi connectivity index (χ1n) is 6.92. The Balaban J connectivity index is 2.01. The van der Waals surface area contributed by atoms with Crippen molar-refractivity contribution in [2.75, 3.05) is 25.4 Å². The Kier molecular flexibility index (Phi) is 5.14. The van der Waals surface area contributed by atoms with Gasteiger partial charge in [-0.05, 0) is 31.4 Å². The molecule has 1 heterocycles. The van der Waals surface area contributed by atoms with Crippen LogP contribution in [0.3, 0.4) is 0 Å². The van der Waals surface area contributed by atoms with Crippen LogP contribution in [0.5, 0.6) is 0 Å². The molecule has 1 N–H and O–H groups in total. The summed E-state index contributed by atoms with van der Waals surface area (Å²) in [6.07, 6.45) is 1.03. The third-order valence-corrected chi connectivity index (χ3v) is 4.80. The van der Waals surface area contributed by atoms with Crippen LogP contribution in [0.1, 0.15) is 29.7 Å². The number of aryl methyl sites for hydroxylation is 1. The van der Waals surface area contributed by atoms with Crippen LogP contribution in [0.25, 0.3) is 0 Å². The zero-order valence-corrected chi connectivity index (χ0v) is 12.5. The highest BCUT2D eigenvalue weighted by molar-refractivity contribution is 7.99. The van der Waals surface area contributed by atoms with E-state index in [0.717, 1.165) is 25.3 Å². The highest BCUT2D eigenvalue weighted by atomic mass is 32.2. The Labute approximate surface area is 119 Å². The minimum absolute atomic E-state index is 0.0773. The molecule has 0 spiro atoms. The maximum Gasteiger partial charge on any atom is 0.317 e. The van der Waals surface area contributed by atoms with E-state index in [1.165, 1.54) is 11.1 Å². The molecule has 0 bridgehead atoms. The molecule has 1 aliphatic rings. The normalized spacial score (nSPS) is 19.9. The molecule has 2 amide bonds. The lowest BCUT2D eigenvalue weighted by Gasteiger charge is -2.20. The Bertz CT molecular complexity index is 436. The number of nitrogens with one attached hydrogen (secondary N) is 1. The minimum Gasteiger partial charge on any atom is -0.338 e. The summed E-state index contributed by atoms with van der Waals surface area (Å²) >= 11 is 1.97. The van der Waals surface area contributed by atoms with Crippen molar-refractivity contribution in [1.82, 2.24) is 10.2 Å². The third-order valence-electron chi connectivity index (χ3n) is 3.49. The lowest BCUT2D eigenvalue weighted by molar-refractivity contribution is 0.202. The second-order valence-corrected chi connectivity index (χ2v) is 6.14. The summed E-state index contributed by atoms with van der Waals surface area (Å²) in [6, 6.07) is 8.65. The molecule has 0 aliphatic carbocycles. The van der Waals surface area contributed by atoms with E-state index in [-0.39, 0.29) is 6.03 Å². The lowest BCUT2D eigenvalue weighted by atomic mass is 10.0. The van der Waals surface area contributed by atoms with Gasteiger partial charge in [0.15, 0.2) is 0 Å². The van der Waals surface area contributed by atoms with Crippen LogP contribution in [0.2, 0.25) is 0 Å². The summed E-state index contributed by atoms with van der Waals surface area (Å²) < 4.78 is 0. The van der Waals surface area contributed by atoms with Crippen LogP contribution in [0.4, 0.5) is 4.79 Å². The number of benzene rings is 1. The molecule has 4 heteroatoms. The maximum absolute atomic E-state index is 11.9. The number of carbonyl (C=O) groups is 1. The summed E-state index contributed by atoms with van der Waals surface area (Å²) in [5.74, 6) is 1.01. The fraction of sp³-hybridized carbons (Fsp3) is 0.533. The largest absolute Gasteiger partial charge is 0.338 e. The van der Waals surface area contributed by atoms with Crippen LogP contribution >= 0.6 is 11.8 Å². The zero-order chi connectivity index (χ0) is 13.7. The molecule has 1 aromatic carbocycles. The summed E-state index contributed by atoms with van der Waals surface area (Å²) in [5.41, 5.74) is 2.77. The van der Waals surface area contributed by atoms with Crippen LogP contribution in [-0.2, 0) is 0 Å². The Morgan fingerprint density at radius 3 is 2.95 bits per heavy atom. The van der Waals surface area contributed by atoms with Gasteiger partial charge in [-0.15, -0.1) is 0 Å². The standard InChI is InChI=1S/C15H22N2OS/c1-3-16-15(18)17-9-8-14(19-11-10-17)13-7-5-4-6-12(13)2/h4-7,14H,3,8-11H2,1-2H3,(H,16,18). The van der Waals surface area contributed by atoms with Crippen molar-refractivity contribution in [3.8, 4) is 0 Å². The second kappa shape index (κ2) is 6.85. The minimum atomic E-state index is 0.0773. The molecule has 1 aromatic rings. The average molecular weight is 278 g/mol. The predicted molar refractivity (Wildman–Crippen MR) is 81.6 cm³/mol. The second-order valence-electron chi connectivity index (χ2n) is 4.83. The zero-order valence-electron chi connectivity index (χ0n) is 11.7. The number of nitrogens with zero attached hydrogens (tertiary/aromatic N) is 1. The van der Waals surface area contributed by atoms with E-state index in [0.29, 0.717) is 11.8 Å². The number of amides is 2. The molecule has 1 aliphatic heterocycles. The van der Waals surface area contributed by atoms with E-state index in [2.05, 4.69) is 36.5 Å². The fourth-order valence-electron chi connectivity index (χ4n) is 2.43. The Morgan fingerprint density at radius 2 is 2.21 bits per heavy atom. The quantitative estimate of drug-likeness (QED) is 0.901. The molecular formula is C15H22N2OS. The highest BCUT2D eigenvalue weighted by Crippen LogP contribution is 2.35. The van der Waals surface area contributed by atoms with Crippen LogP contribution in [0, 0.1) is 6.92 Å². The number of hydrogen-bond donors (Lipinski definition) is 1. The molecule has 0 aromatic heterocycles. The van der Waals surface area contributed by atoms with Crippen molar-refractivity contribution in [3.05, 3.63) is 35.4 Å². The fourth-order valence-corrected chi connectivity index (χ4v) is 3.76. The predicted octanol–water partition coefficient (Wildman–Crippen LogP) is 3.20. The van der Waals surface area contributed by atoms with Gasteiger partial charge >= 0.3 is 6.03 Å². The summed E-state index contributed by atoms with van der Waals surface area (Å²) in [4.78, 5) is 13.8. The van der Waals surface area contributed by atoms with Gasteiger partial charge in [-0.3, -0.25) is 0 Å². The lowest BCUT2D eigenvalue weighted by Crippen LogP contribution is -2.41. The van der Waals surface area contributed by atoms with E-state index in [4.69, 9.17) is 0 Å². The van der Waals surface area contributed by atoms with E-state index >= 15 is 0 Å². The topological polar surface area (TPSA) is 32.3 Å². The van der Waals surface area contributed by atoms with Crippen LogP contribution in [0.15, 0.2) is 24.3 Å². The van der Waals surface area contributed by atoms with Crippen molar-refractivity contribution < 1.29 is 4.79 Å². The van der Waals surface area contributed by atoms with Crippen molar-refractivity contribution in [1.29, 1.82) is 0 Å². The molecule has 1 atom stereocenters. The molecular weight excluding hydrogens is 256 g/mol. The van der Waals surface area contributed by atoms with E-state index in [1.807, 2.05) is 23.6 Å². The van der Waals surface area contributed by atoms with Gasteiger partial charge in [0.05, 0.1) is 0 Å². The van der Waals surface area contributed by atoms with Gasteiger partial charge < -0.3 is 10.2 Å². The number of thioether (sulfide) groups is 1. The monoisotopic (exact) mass is 278 g/mol. The van der Waals surface area contributed by atoms with Crippen LogP contribution in [-0.4, -0.2) is 36.3 Å². The Hall–Kier alpha value is -1.16. The summed E-state index contributed by atoms with van der Waals surface area (Å²) in [5, 5.41) is 3.40. The van der Waals surface area contributed by atoms with E-state index in [1.54, 1.807) is 0 Å². The Morgan fingerprint density at radius 1 is 1.42 bits per heavy atom. The molecule has 0 radical (unpaired) electrons. The first kappa shape index (κ1) is 14.3. The number of carbonyl (C=O) groups excluding carboxylic acids is 1. The average Bonchev–Trinajstić information content (AvgIpc) is 2.65. The molecule has 1 fully saturated rings. The smallest absolute Gasteiger partial charge is 0.317 e. The molecule has 2 rings (SSSR count). The van der Waals surface area contributed by atoms with Gasteiger partial charge in [-0.25, -0.2) is 4.79 Å². The summed E-state index contributed by atoms with van der Waals surface area (Å²) in [6.45, 7) is 6.52. The van der Waals surface area contributed by atoms with Gasteiger partial charge in [-0.2, -0.15) is 11.8 Å². The van der Waals surface area contributed by atoms with Gasteiger partial charge in [0.2, 0.25) is 0 Å². The molecule has 19 heavy (non-hydrogen) atoms. The van der Waals surface area contributed by atoms with Gasteiger partial charge in [0, 0.05) is 30.6 Å². The first-order valence-corrected chi connectivity index (χ1v) is 7.97. The van der Waals surface area contributed by atoms with Gasteiger partial charge in [0.1, 0.15) is 0 Å². The van der Waals surface area contributed by atoms with Crippen molar-refractivity contribution >= 4 is 17.8 Å². The number of rotatable bonds is 2. The molecule has 3 nitrogen and oxygen atoms in total. The molecule has 104 valence electrons. The molecule has 1 saturated heterocycles. The van der Waals surface area contributed by atoms with E-state index in [9.17, 15) is 4.79 Å². The molecule has 0 saturated carbocycles. The summed E-state index contributed by atoms with van der Waals surface area (Å²) in [7, 11) is 0. The van der Waals surface area contributed by atoms with Gasteiger partial charge in [0.25, 0.3) is 0 Å². The van der Waals surface area contributed by atoms with Crippen molar-refractivity contribution in [3.63, 3.8) is 0 Å². The van der Waals surface area contributed by atoms with Crippen molar-refractivity contribution in [2.45, 2.75) is 25.5 Å². The first-order chi connectivity index (χ1) is 9.22. The third kappa shape index (κ3) is 3.66. The molecule has 1 unspecified atom stereocenters. The van der Waals surface area contributed by atoms with Gasteiger partial charge in [-0.1, -0.05) is 24.3 Å². The maximum atomic E-state index is 11.9. The highest BCUT2D eigenvalue weighted by Gasteiger charge is 2.22.